The van der Waals surface area contributed by atoms with Crippen molar-refractivity contribution in [1.82, 2.24) is 25.1 Å². The van der Waals surface area contributed by atoms with Gasteiger partial charge in [-0.05, 0) is 47.2 Å². The number of rotatable bonds is 6. The summed E-state index contributed by atoms with van der Waals surface area (Å²) in [5, 5.41) is 12.8. The number of hydrogen-bond acceptors (Lipinski definition) is 4. The van der Waals surface area contributed by atoms with E-state index in [-0.39, 0.29) is 6.04 Å². The fourth-order valence-corrected chi connectivity index (χ4v) is 3.54. The summed E-state index contributed by atoms with van der Waals surface area (Å²) in [6.45, 7) is 2.87. The predicted molar refractivity (Wildman–Crippen MR) is 110 cm³/mol. The highest BCUT2D eigenvalue weighted by Gasteiger charge is 2.26. The Balaban J connectivity index is 1.77. The zero-order chi connectivity index (χ0) is 19.3. The molecule has 0 N–H and O–H groups in total. The summed E-state index contributed by atoms with van der Waals surface area (Å²) in [6, 6.07) is 28.9. The Kier molecular flexibility index (Phi) is 5.26. The molecule has 5 nitrogen and oxygen atoms in total. The Morgan fingerprint density at radius 1 is 0.857 bits per heavy atom. The fourth-order valence-electron chi connectivity index (χ4n) is 3.54. The van der Waals surface area contributed by atoms with Crippen LogP contribution in [0.3, 0.4) is 0 Å². The van der Waals surface area contributed by atoms with Crippen LogP contribution in [0, 0.1) is 6.92 Å². The maximum Gasteiger partial charge on any atom is 0.178 e. The lowest BCUT2D eigenvalue weighted by Gasteiger charge is -2.28. The molecule has 4 rings (SSSR count). The lowest BCUT2D eigenvalue weighted by atomic mass is 10.0. The van der Waals surface area contributed by atoms with Crippen LogP contribution in [0.25, 0.3) is 5.69 Å². The summed E-state index contributed by atoms with van der Waals surface area (Å²) in [5.41, 5.74) is 4.54. The molecule has 28 heavy (non-hydrogen) atoms. The van der Waals surface area contributed by atoms with Crippen molar-refractivity contribution in [3.05, 3.63) is 107 Å². The van der Waals surface area contributed by atoms with E-state index < -0.39 is 0 Å². The third kappa shape index (κ3) is 3.70. The number of benzene rings is 3. The van der Waals surface area contributed by atoms with Crippen molar-refractivity contribution in [2.45, 2.75) is 19.5 Å². The van der Waals surface area contributed by atoms with Gasteiger partial charge in [0.25, 0.3) is 0 Å². The Hall–Kier alpha value is -3.31. The average molecular weight is 369 g/mol. The molecule has 0 unspecified atom stereocenters. The monoisotopic (exact) mass is 369 g/mol. The van der Waals surface area contributed by atoms with Gasteiger partial charge in [-0.15, -0.1) is 5.10 Å². The third-order valence-electron chi connectivity index (χ3n) is 4.91. The molecule has 140 valence electrons. The Bertz CT molecular complexity index is 1030. The minimum absolute atomic E-state index is 0.0731. The van der Waals surface area contributed by atoms with Crippen molar-refractivity contribution in [1.29, 1.82) is 0 Å². The van der Waals surface area contributed by atoms with Gasteiger partial charge in [0.1, 0.15) is 0 Å². The van der Waals surface area contributed by atoms with E-state index in [0.717, 1.165) is 29.2 Å². The molecule has 0 aliphatic heterocycles. The molecule has 0 saturated heterocycles. The Morgan fingerprint density at radius 2 is 1.50 bits per heavy atom. The second-order valence-corrected chi connectivity index (χ2v) is 6.95. The lowest BCUT2D eigenvalue weighted by Crippen LogP contribution is -2.28. The highest BCUT2D eigenvalue weighted by atomic mass is 15.6. The van der Waals surface area contributed by atoms with Crippen molar-refractivity contribution in [2.24, 2.45) is 0 Å². The number of nitrogens with zero attached hydrogens (tertiary/aromatic N) is 5. The smallest absolute Gasteiger partial charge is 0.178 e. The second-order valence-electron chi connectivity index (χ2n) is 6.95. The van der Waals surface area contributed by atoms with Gasteiger partial charge >= 0.3 is 0 Å². The van der Waals surface area contributed by atoms with Crippen LogP contribution in [0.4, 0.5) is 0 Å². The van der Waals surface area contributed by atoms with Gasteiger partial charge in [0.2, 0.25) is 0 Å². The number of aromatic nitrogens is 4. The SMILES string of the molecule is Cc1ccccc1-n1nnnc1[C@@H](c1ccccc1)N(C)Cc1ccccc1. The molecular formula is C23H23N5. The van der Waals surface area contributed by atoms with E-state index in [4.69, 9.17) is 0 Å². The molecular weight excluding hydrogens is 346 g/mol. The van der Waals surface area contributed by atoms with Crippen molar-refractivity contribution in [3.63, 3.8) is 0 Å². The summed E-state index contributed by atoms with van der Waals surface area (Å²) in [6.07, 6.45) is 0. The van der Waals surface area contributed by atoms with Gasteiger partial charge < -0.3 is 0 Å². The molecule has 0 radical (unpaired) electrons. The summed E-state index contributed by atoms with van der Waals surface area (Å²) >= 11 is 0. The number of tetrazole rings is 1. The van der Waals surface area contributed by atoms with Crippen LogP contribution in [0.15, 0.2) is 84.9 Å². The van der Waals surface area contributed by atoms with E-state index in [1.165, 1.54) is 5.56 Å². The summed E-state index contributed by atoms with van der Waals surface area (Å²) in [5.74, 6) is 0.805. The molecule has 3 aromatic carbocycles. The first-order chi connectivity index (χ1) is 13.7. The zero-order valence-corrected chi connectivity index (χ0v) is 16.1. The third-order valence-corrected chi connectivity index (χ3v) is 4.91. The molecule has 1 heterocycles. The maximum absolute atomic E-state index is 4.43. The first-order valence-electron chi connectivity index (χ1n) is 9.37. The van der Waals surface area contributed by atoms with Gasteiger partial charge in [-0.3, -0.25) is 4.90 Å². The van der Waals surface area contributed by atoms with Crippen LogP contribution in [0.1, 0.15) is 28.6 Å². The van der Waals surface area contributed by atoms with Crippen LogP contribution in [0.2, 0.25) is 0 Å². The Morgan fingerprint density at radius 3 is 2.21 bits per heavy atom. The molecule has 0 saturated carbocycles. The highest BCUT2D eigenvalue weighted by molar-refractivity contribution is 5.40. The maximum atomic E-state index is 4.43. The first kappa shape index (κ1) is 18.1. The van der Waals surface area contributed by atoms with E-state index in [1.54, 1.807) is 0 Å². The van der Waals surface area contributed by atoms with Gasteiger partial charge in [-0.1, -0.05) is 78.9 Å². The quantitative estimate of drug-likeness (QED) is 0.511. The van der Waals surface area contributed by atoms with Crippen LogP contribution in [-0.2, 0) is 6.54 Å². The van der Waals surface area contributed by atoms with Crippen LogP contribution in [0.5, 0.6) is 0 Å². The summed E-state index contributed by atoms with van der Waals surface area (Å²) in [4.78, 5) is 2.28. The van der Waals surface area contributed by atoms with Crippen LogP contribution >= 0.6 is 0 Å². The van der Waals surface area contributed by atoms with Crippen molar-refractivity contribution in [2.75, 3.05) is 7.05 Å². The average Bonchev–Trinajstić information content (AvgIpc) is 3.19. The molecule has 5 heteroatoms. The second kappa shape index (κ2) is 8.15. The number of aryl methyl sites for hydroxylation is 1. The van der Waals surface area contributed by atoms with E-state index >= 15 is 0 Å². The first-order valence-corrected chi connectivity index (χ1v) is 9.37. The normalized spacial score (nSPS) is 12.2. The number of para-hydroxylation sites is 1. The van der Waals surface area contributed by atoms with Crippen molar-refractivity contribution >= 4 is 0 Å². The topological polar surface area (TPSA) is 46.8 Å². The van der Waals surface area contributed by atoms with Crippen molar-refractivity contribution < 1.29 is 0 Å². The van der Waals surface area contributed by atoms with Crippen molar-refractivity contribution in [3.8, 4) is 5.69 Å². The minimum Gasteiger partial charge on any atom is -0.288 e. The molecule has 0 fully saturated rings. The predicted octanol–water partition coefficient (Wildman–Crippen LogP) is 4.19. The zero-order valence-electron chi connectivity index (χ0n) is 16.1. The van der Waals surface area contributed by atoms with E-state index in [1.807, 2.05) is 28.9 Å². The highest BCUT2D eigenvalue weighted by Crippen LogP contribution is 2.29. The van der Waals surface area contributed by atoms with Gasteiger partial charge in [-0.25, -0.2) is 0 Å². The van der Waals surface area contributed by atoms with Gasteiger partial charge in [0.05, 0.1) is 11.7 Å². The van der Waals surface area contributed by atoms with E-state index in [2.05, 4.69) is 95.1 Å². The van der Waals surface area contributed by atoms with Gasteiger partial charge in [0, 0.05) is 6.54 Å². The molecule has 1 atom stereocenters. The molecule has 4 aromatic rings. The lowest BCUT2D eigenvalue weighted by molar-refractivity contribution is 0.258. The summed E-state index contributed by atoms with van der Waals surface area (Å²) in [7, 11) is 2.11. The molecule has 0 amide bonds. The van der Waals surface area contributed by atoms with Crippen LogP contribution < -0.4 is 0 Å². The minimum atomic E-state index is -0.0731. The molecule has 0 aliphatic rings. The molecule has 0 aliphatic carbocycles. The van der Waals surface area contributed by atoms with Gasteiger partial charge in [0.15, 0.2) is 5.82 Å². The largest absolute Gasteiger partial charge is 0.288 e. The molecule has 0 spiro atoms. The summed E-state index contributed by atoms with van der Waals surface area (Å²) < 4.78 is 1.86. The van der Waals surface area contributed by atoms with Crippen LogP contribution in [-0.4, -0.2) is 32.2 Å². The van der Waals surface area contributed by atoms with E-state index in [9.17, 15) is 0 Å². The standard InChI is InChI=1S/C23H23N5/c1-18-11-9-10-16-21(18)28-23(24-25-26-28)22(20-14-7-4-8-15-20)27(2)17-19-12-5-3-6-13-19/h3-16,22H,17H2,1-2H3/t22-/m1/s1. The number of hydrogen-bond donors (Lipinski definition) is 0. The Labute approximate surface area is 165 Å². The molecule has 0 bridgehead atoms. The fraction of sp³-hybridized carbons (Fsp3) is 0.174. The van der Waals surface area contributed by atoms with E-state index in [0.29, 0.717) is 0 Å². The van der Waals surface area contributed by atoms with Gasteiger partial charge in [-0.2, -0.15) is 4.68 Å². The molecule has 1 aromatic heterocycles.